The quantitative estimate of drug-likeness (QED) is 0.727. The van der Waals surface area contributed by atoms with E-state index in [1.807, 2.05) is 0 Å². The number of nitrogens with zero attached hydrogens (tertiary/aromatic N) is 1. The Morgan fingerprint density at radius 3 is 2.41 bits per heavy atom. The van der Waals surface area contributed by atoms with Gasteiger partial charge in [-0.2, -0.15) is 0 Å². The lowest BCUT2D eigenvalue weighted by Crippen LogP contribution is -2.45. The molecular formula is C19H22F3N3O4. The maximum absolute atomic E-state index is 12.8. The number of benzene rings is 1. The van der Waals surface area contributed by atoms with Crippen molar-refractivity contribution in [2.75, 3.05) is 6.54 Å². The van der Waals surface area contributed by atoms with Crippen LogP contribution in [-0.4, -0.2) is 41.7 Å². The van der Waals surface area contributed by atoms with Gasteiger partial charge in [0.15, 0.2) is 0 Å². The topological polar surface area (TPSA) is 87.7 Å². The minimum atomic E-state index is -4.83. The minimum absolute atomic E-state index is 0.0459. The molecule has 1 aromatic carbocycles. The molecule has 1 aliphatic carbocycles. The van der Waals surface area contributed by atoms with Gasteiger partial charge in [0.05, 0.1) is 0 Å². The van der Waals surface area contributed by atoms with Crippen molar-refractivity contribution in [1.82, 2.24) is 15.5 Å². The van der Waals surface area contributed by atoms with Crippen molar-refractivity contribution in [1.29, 1.82) is 0 Å². The molecule has 1 aliphatic heterocycles. The van der Waals surface area contributed by atoms with Gasteiger partial charge in [0.25, 0.3) is 5.91 Å². The summed E-state index contributed by atoms with van der Waals surface area (Å²) >= 11 is 0. The van der Waals surface area contributed by atoms with E-state index >= 15 is 0 Å². The predicted octanol–water partition coefficient (Wildman–Crippen LogP) is 2.80. The lowest BCUT2D eigenvalue weighted by Gasteiger charge is -2.24. The van der Waals surface area contributed by atoms with Crippen LogP contribution < -0.4 is 15.4 Å². The number of hydrogen-bond acceptors (Lipinski definition) is 4. The first-order valence-electron chi connectivity index (χ1n) is 9.38. The van der Waals surface area contributed by atoms with E-state index in [2.05, 4.69) is 15.4 Å². The number of alkyl halides is 3. The first kappa shape index (κ1) is 20.9. The van der Waals surface area contributed by atoms with Crippen LogP contribution in [0.5, 0.6) is 5.75 Å². The average molecular weight is 413 g/mol. The summed E-state index contributed by atoms with van der Waals surface area (Å²) in [6, 6.07) is 3.98. The molecule has 0 radical (unpaired) electrons. The second-order valence-electron chi connectivity index (χ2n) is 7.42. The van der Waals surface area contributed by atoms with Crippen LogP contribution in [0.4, 0.5) is 18.0 Å². The molecule has 1 unspecified atom stereocenters. The molecule has 0 aromatic heterocycles. The minimum Gasteiger partial charge on any atom is -0.406 e. The summed E-state index contributed by atoms with van der Waals surface area (Å²) in [4.78, 5) is 38.2. The van der Waals surface area contributed by atoms with E-state index in [4.69, 9.17) is 0 Å². The highest BCUT2D eigenvalue weighted by Gasteiger charge is 2.49. The van der Waals surface area contributed by atoms with Crippen LogP contribution in [0.15, 0.2) is 24.3 Å². The predicted molar refractivity (Wildman–Crippen MR) is 95.7 cm³/mol. The number of rotatable bonds is 5. The maximum atomic E-state index is 12.8. The molecule has 1 heterocycles. The number of halogens is 3. The van der Waals surface area contributed by atoms with Crippen LogP contribution in [0.25, 0.3) is 0 Å². The Bertz CT molecular complexity index is 791. The van der Waals surface area contributed by atoms with Crippen molar-refractivity contribution in [2.24, 2.45) is 0 Å². The summed E-state index contributed by atoms with van der Waals surface area (Å²) in [6.07, 6.45) is 0.0993. The third-order valence-electron chi connectivity index (χ3n) is 5.21. The van der Waals surface area contributed by atoms with Crippen molar-refractivity contribution in [3.63, 3.8) is 0 Å². The maximum Gasteiger partial charge on any atom is 0.573 e. The molecule has 7 nitrogen and oxygen atoms in total. The van der Waals surface area contributed by atoms with E-state index in [1.54, 1.807) is 0 Å². The van der Waals surface area contributed by atoms with Gasteiger partial charge in [-0.05, 0) is 37.5 Å². The van der Waals surface area contributed by atoms with Crippen molar-refractivity contribution in [3.8, 4) is 5.75 Å². The van der Waals surface area contributed by atoms with Crippen LogP contribution in [0.1, 0.15) is 44.6 Å². The van der Waals surface area contributed by atoms with E-state index < -0.39 is 42.0 Å². The van der Waals surface area contributed by atoms with E-state index in [0.717, 1.165) is 49.1 Å². The summed E-state index contributed by atoms with van der Waals surface area (Å²) in [5, 5.41) is 5.36. The van der Waals surface area contributed by atoms with Crippen LogP contribution in [0, 0.1) is 0 Å². The number of carbonyl (C=O) groups is 3. The van der Waals surface area contributed by atoms with Gasteiger partial charge >= 0.3 is 12.4 Å². The summed E-state index contributed by atoms with van der Waals surface area (Å²) in [7, 11) is 0. The van der Waals surface area contributed by atoms with E-state index in [9.17, 15) is 27.6 Å². The molecule has 2 N–H and O–H groups in total. The fourth-order valence-electron chi connectivity index (χ4n) is 3.69. The van der Waals surface area contributed by atoms with Crippen LogP contribution >= 0.6 is 0 Å². The van der Waals surface area contributed by atoms with Gasteiger partial charge in [-0.25, -0.2) is 4.79 Å². The molecule has 1 atom stereocenters. The number of hydrogen-bond donors (Lipinski definition) is 2. The van der Waals surface area contributed by atoms with Crippen molar-refractivity contribution in [2.45, 2.75) is 57.0 Å². The van der Waals surface area contributed by atoms with Crippen LogP contribution in [-0.2, 0) is 15.1 Å². The smallest absolute Gasteiger partial charge is 0.406 e. The molecule has 1 saturated carbocycles. The summed E-state index contributed by atoms with van der Waals surface area (Å²) in [6.45, 7) is 1.03. The first-order chi connectivity index (χ1) is 13.6. The standard InChI is InChI=1S/C19H22F3N3O4/c1-18(12-7-9-14(10-8-12)29-19(20,21)22)16(27)25(17(28)24-18)11-15(26)23-13-5-3-2-4-6-13/h7-10,13H,2-6,11H2,1H3,(H,23,26)(H,24,28). The van der Waals surface area contributed by atoms with Gasteiger partial charge in [-0.1, -0.05) is 31.4 Å². The Labute approximate surface area is 165 Å². The molecule has 2 fully saturated rings. The lowest BCUT2D eigenvalue weighted by atomic mass is 9.92. The highest BCUT2D eigenvalue weighted by atomic mass is 19.4. The van der Waals surface area contributed by atoms with E-state index in [1.165, 1.54) is 19.1 Å². The molecular weight excluding hydrogens is 391 g/mol. The second-order valence-corrected chi connectivity index (χ2v) is 7.42. The number of ether oxygens (including phenoxy) is 1. The third kappa shape index (κ3) is 4.80. The number of imide groups is 1. The number of amides is 4. The summed E-state index contributed by atoms with van der Waals surface area (Å²) in [5.74, 6) is -1.50. The molecule has 0 spiro atoms. The molecule has 4 amide bonds. The number of carbonyl (C=O) groups excluding carboxylic acids is 3. The highest BCUT2D eigenvalue weighted by Crippen LogP contribution is 2.31. The molecule has 158 valence electrons. The molecule has 29 heavy (non-hydrogen) atoms. The van der Waals surface area contributed by atoms with Gasteiger partial charge in [0.1, 0.15) is 17.8 Å². The van der Waals surface area contributed by atoms with Crippen molar-refractivity contribution < 1.29 is 32.3 Å². The molecule has 0 bridgehead atoms. The van der Waals surface area contributed by atoms with E-state index in [-0.39, 0.29) is 11.6 Å². The fraction of sp³-hybridized carbons (Fsp3) is 0.526. The Kier molecular flexibility index (Phi) is 5.72. The monoisotopic (exact) mass is 413 g/mol. The van der Waals surface area contributed by atoms with Crippen LogP contribution in [0.3, 0.4) is 0 Å². The largest absolute Gasteiger partial charge is 0.573 e. The van der Waals surface area contributed by atoms with Gasteiger partial charge < -0.3 is 15.4 Å². The van der Waals surface area contributed by atoms with Gasteiger partial charge in [0, 0.05) is 6.04 Å². The SMILES string of the molecule is CC1(c2ccc(OC(F)(F)F)cc2)NC(=O)N(CC(=O)NC2CCCCC2)C1=O. The molecule has 1 saturated heterocycles. The molecule has 2 aliphatic rings. The highest BCUT2D eigenvalue weighted by molar-refractivity contribution is 6.09. The van der Waals surface area contributed by atoms with E-state index in [0.29, 0.717) is 0 Å². The summed E-state index contributed by atoms with van der Waals surface area (Å²) in [5.41, 5.74) is -1.21. The third-order valence-corrected chi connectivity index (χ3v) is 5.21. The Morgan fingerprint density at radius 1 is 1.21 bits per heavy atom. The fourth-order valence-corrected chi connectivity index (χ4v) is 3.69. The lowest BCUT2D eigenvalue weighted by molar-refractivity contribution is -0.274. The zero-order valence-corrected chi connectivity index (χ0v) is 15.8. The van der Waals surface area contributed by atoms with Gasteiger partial charge in [0.2, 0.25) is 5.91 Å². The average Bonchev–Trinajstić information content (AvgIpc) is 2.86. The molecule has 10 heteroatoms. The van der Waals surface area contributed by atoms with Gasteiger partial charge in [-0.15, -0.1) is 13.2 Å². The zero-order valence-electron chi connectivity index (χ0n) is 15.8. The first-order valence-corrected chi connectivity index (χ1v) is 9.38. The Balaban J connectivity index is 1.67. The molecule has 3 rings (SSSR count). The Morgan fingerprint density at radius 2 is 1.83 bits per heavy atom. The second kappa shape index (κ2) is 7.92. The normalized spacial score (nSPS) is 23.1. The number of nitrogens with one attached hydrogen (secondary N) is 2. The Hall–Kier alpha value is -2.78. The van der Waals surface area contributed by atoms with Crippen molar-refractivity contribution in [3.05, 3.63) is 29.8 Å². The number of urea groups is 1. The summed E-state index contributed by atoms with van der Waals surface area (Å²) < 4.78 is 40.7. The van der Waals surface area contributed by atoms with Gasteiger partial charge in [-0.3, -0.25) is 14.5 Å². The molecule has 1 aromatic rings. The van der Waals surface area contributed by atoms with Crippen LogP contribution in [0.2, 0.25) is 0 Å². The zero-order chi connectivity index (χ0) is 21.2. The van der Waals surface area contributed by atoms with Crippen molar-refractivity contribution >= 4 is 17.8 Å².